The third-order valence-electron chi connectivity index (χ3n) is 6.01. The minimum absolute atomic E-state index is 0.106. The first-order chi connectivity index (χ1) is 14.3. The van der Waals surface area contributed by atoms with E-state index in [2.05, 4.69) is 24.0 Å². The number of aliphatic imine (C=N–C) groups is 1. The molecule has 0 aromatic heterocycles. The van der Waals surface area contributed by atoms with E-state index in [4.69, 9.17) is 23.1 Å². The summed E-state index contributed by atoms with van der Waals surface area (Å²) in [6.45, 7) is 1.68. The Morgan fingerprint density at radius 2 is 1.87 bits per heavy atom. The molecule has 3 rings (SSSR count). The van der Waals surface area contributed by atoms with Gasteiger partial charge in [0.25, 0.3) is 0 Å². The lowest BCUT2D eigenvalue weighted by Crippen LogP contribution is -2.55. The van der Waals surface area contributed by atoms with Gasteiger partial charge in [0.2, 0.25) is 0 Å². The highest BCUT2D eigenvalue weighted by molar-refractivity contribution is 6.31. The van der Waals surface area contributed by atoms with Crippen LogP contribution in [0.4, 0.5) is 0 Å². The summed E-state index contributed by atoms with van der Waals surface area (Å²) in [5, 5.41) is 12.4. The molecule has 0 amide bonds. The number of rotatable bonds is 7. The zero-order valence-electron chi connectivity index (χ0n) is 17.6. The highest BCUT2D eigenvalue weighted by atomic mass is 35.5. The number of benzene rings is 1. The van der Waals surface area contributed by atoms with Crippen LogP contribution in [0.15, 0.2) is 40.7 Å². The lowest BCUT2D eigenvalue weighted by molar-refractivity contribution is -0.434. The Bertz CT molecular complexity index is 833. The van der Waals surface area contributed by atoms with E-state index in [1.165, 1.54) is 0 Å². The third kappa shape index (κ3) is 5.30. The smallest absolute Gasteiger partial charge is 0.304 e. The second kappa shape index (κ2) is 9.76. The molecule has 1 fully saturated rings. The van der Waals surface area contributed by atoms with Crippen LogP contribution in [0.1, 0.15) is 31.2 Å². The van der Waals surface area contributed by atoms with Gasteiger partial charge < -0.3 is 21.3 Å². The number of guanidine groups is 1. The Hall–Kier alpha value is -2.16. The first-order valence-electron chi connectivity index (χ1n) is 10.4. The molecule has 1 heterocycles. The van der Waals surface area contributed by atoms with Crippen molar-refractivity contribution in [1.82, 2.24) is 9.80 Å². The average Bonchev–Trinajstić information content (AvgIpc) is 2.67. The predicted octanol–water partition coefficient (Wildman–Crippen LogP) is 2.65. The summed E-state index contributed by atoms with van der Waals surface area (Å²) < 4.78 is 0. The van der Waals surface area contributed by atoms with Crippen LogP contribution in [-0.4, -0.2) is 54.0 Å². The maximum absolute atomic E-state index is 11.8. The fourth-order valence-electron chi connectivity index (χ4n) is 4.48. The summed E-state index contributed by atoms with van der Waals surface area (Å²) in [4.78, 5) is 19.7. The molecule has 1 atom stereocenters. The molecule has 30 heavy (non-hydrogen) atoms. The molecule has 8 nitrogen and oxygen atoms in total. The molecule has 4 N–H and O–H groups in total. The number of hydrogen-bond donors (Lipinski definition) is 2. The van der Waals surface area contributed by atoms with Crippen LogP contribution in [0.25, 0.3) is 0 Å². The van der Waals surface area contributed by atoms with Gasteiger partial charge in [-0.05, 0) is 63.2 Å². The van der Waals surface area contributed by atoms with Gasteiger partial charge in [-0.1, -0.05) is 29.8 Å². The summed E-state index contributed by atoms with van der Waals surface area (Å²) in [5.41, 5.74) is 13.5. The highest BCUT2D eigenvalue weighted by Gasteiger charge is 2.38. The van der Waals surface area contributed by atoms with Gasteiger partial charge in [-0.15, -0.1) is 0 Å². The highest BCUT2D eigenvalue weighted by Crippen LogP contribution is 2.32. The minimum atomic E-state index is -0.922. The zero-order chi connectivity index (χ0) is 21.8. The van der Waals surface area contributed by atoms with E-state index in [1.807, 2.05) is 18.2 Å². The molecule has 0 saturated heterocycles. The van der Waals surface area contributed by atoms with Crippen LogP contribution in [0, 0.1) is 22.0 Å². The molecule has 1 saturated carbocycles. The van der Waals surface area contributed by atoms with Crippen LogP contribution in [0.3, 0.4) is 0 Å². The van der Waals surface area contributed by atoms with Gasteiger partial charge in [-0.3, -0.25) is 10.1 Å². The summed E-state index contributed by atoms with van der Waals surface area (Å²) in [5.74, 6) is 1.35. The summed E-state index contributed by atoms with van der Waals surface area (Å²) >= 11 is 6.23. The molecule has 2 aliphatic rings. The van der Waals surface area contributed by atoms with Crippen LogP contribution >= 0.6 is 11.6 Å². The maximum atomic E-state index is 11.8. The van der Waals surface area contributed by atoms with E-state index in [0.29, 0.717) is 23.4 Å². The molecule has 0 bridgehead atoms. The van der Waals surface area contributed by atoms with E-state index < -0.39 is 11.1 Å². The summed E-state index contributed by atoms with van der Waals surface area (Å²) in [6, 6.07) is 7.22. The van der Waals surface area contributed by atoms with Crippen molar-refractivity contribution < 1.29 is 4.92 Å². The van der Waals surface area contributed by atoms with Crippen molar-refractivity contribution in [3.8, 4) is 0 Å². The standard InChI is InChI=1S/C21H31ClN6O2/c1-26(2)12-14-7-9-15(10-8-14)13-27-20(23)19(28(29)30)18(25-21(27)24)11-16-5-3-4-6-17(16)22/h3-6,14-15,20H,7-13,23H2,1-2H3,(H2,24,25). The van der Waals surface area contributed by atoms with E-state index in [1.54, 1.807) is 11.0 Å². The number of allylic oxidation sites excluding steroid dienone is 1. The minimum Gasteiger partial charge on any atom is -0.369 e. The normalized spacial score (nSPS) is 24.9. The largest absolute Gasteiger partial charge is 0.369 e. The predicted molar refractivity (Wildman–Crippen MR) is 119 cm³/mol. The average molecular weight is 435 g/mol. The quantitative estimate of drug-likeness (QED) is 0.503. The lowest BCUT2D eigenvalue weighted by Gasteiger charge is -2.37. The number of nitrogens with two attached hydrogens (primary N) is 2. The zero-order valence-corrected chi connectivity index (χ0v) is 18.4. The van der Waals surface area contributed by atoms with Gasteiger partial charge in [0, 0.05) is 24.5 Å². The molecular weight excluding hydrogens is 404 g/mol. The Morgan fingerprint density at radius 1 is 1.23 bits per heavy atom. The van der Waals surface area contributed by atoms with E-state index in [0.717, 1.165) is 37.8 Å². The lowest BCUT2D eigenvalue weighted by atomic mass is 9.81. The van der Waals surface area contributed by atoms with Crippen LogP contribution in [-0.2, 0) is 6.42 Å². The number of halogens is 1. The molecule has 0 spiro atoms. The molecule has 1 aliphatic carbocycles. The van der Waals surface area contributed by atoms with E-state index >= 15 is 0 Å². The first kappa shape index (κ1) is 22.5. The second-order valence-electron chi connectivity index (χ2n) is 8.57. The molecule has 1 aromatic rings. The number of nitro groups is 1. The first-order valence-corrected chi connectivity index (χ1v) is 10.8. The van der Waals surface area contributed by atoms with Crippen molar-refractivity contribution in [3.63, 3.8) is 0 Å². The van der Waals surface area contributed by atoms with Gasteiger partial charge in [0.15, 0.2) is 12.1 Å². The van der Waals surface area contributed by atoms with Crippen LogP contribution < -0.4 is 11.5 Å². The Labute approximate surface area is 182 Å². The van der Waals surface area contributed by atoms with Gasteiger partial charge in [-0.25, -0.2) is 4.99 Å². The van der Waals surface area contributed by atoms with Gasteiger partial charge in [0.1, 0.15) is 5.70 Å². The van der Waals surface area contributed by atoms with E-state index in [-0.39, 0.29) is 23.8 Å². The maximum Gasteiger partial charge on any atom is 0.304 e. The monoisotopic (exact) mass is 434 g/mol. The molecule has 9 heteroatoms. The molecule has 1 aromatic carbocycles. The molecule has 0 radical (unpaired) electrons. The fraction of sp³-hybridized carbons (Fsp3) is 0.571. The van der Waals surface area contributed by atoms with Gasteiger partial charge in [0.05, 0.1) is 4.92 Å². The molecule has 164 valence electrons. The van der Waals surface area contributed by atoms with Gasteiger partial charge in [-0.2, -0.15) is 0 Å². The van der Waals surface area contributed by atoms with Crippen molar-refractivity contribution in [2.75, 3.05) is 27.2 Å². The molecule has 1 unspecified atom stereocenters. The Morgan fingerprint density at radius 3 is 2.47 bits per heavy atom. The SMILES string of the molecule is CN(C)CC1CCC(CN2C(N)=NC(Cc3ccccc3Cl)=C([N+](=O)[O-])C2N)CC1. The van der Waals surface area contributed by atoms with Crippen LogP contribution in [0.2, 0.25) is 5.02 Å². The van der Waals surface area contributed by atoms with Gasteiger partial charge >= 0.3 is 5.70 Å². The number of nitrogens with zero attached hydrogens (tertiary/aromatic N) is 4. The number of hydrogen-bond acceptors (Lipinski definition) is 7. The Balaban J connectivity index is 1.73. The van der Waals surface area contributed by atoms with Crippen LogP contribution in [0.5, 0.6) is 0 Å². The van der Waals surface area contributed by atoms with Crippen molar-refractivity contribution in [3.05, 3.63) is 56.4 Å². The molecule has 1 aliphatic heterocycles. The topological polar surface area (TPSA) is 114 Å². The third-order valence-corrected chi connectivity index (χ3v) is 6.38. The van der Waals surface area contributed by atoms with E-state index in [9.17, 15) is 10.1 Å². The Kier molecular flexibility index (Phi) is 7.33. The summed E-state index contributed by atoms with van der Waals surface area (Å²) in [6.07, 6.45) is 3.73. The van der Waals surface area contributed by atoms with Crippen molar-refractivity contribution in [1.29, 1.82) is 0 Å². The van der Waals surface area contributed by atoms with Crippen molar-refractivity contribution >= 4 is 17.6 Å². The van der Waals surface area contributed by atoms with Crippen molar-refractivity contribution in [2.24, 2.45) is 28.3 Å². The fourth-order valence-corrected chi connectivity index (χ4v) is 4.69. The summed E-state index contributed by atoms with van der Waals surface area (Å²) in [7, 11) is 4.20. The molecular formula is C21H31ClN6O2. The second-order valence-corrected chi connectivity index (χ2v) is 8.98. The van der Waals surface area contributed by atoms with Crippen molar-refractivity contribution in [2.45, 2.75) is 38.3 Å².